The number of rotatable bonds is 10. The lowest BCUT2D eigenvalue weighted by molar-refractivity contribution is -0.146. The van der Waals surface area contributed by atoms with Gasteiger partial charge in [-0.15, -0.1) is 0 Å². The fourth-order valence-corrected chi connectivity index (χ4v) is 7.64. The lowest BCUT2D eigenvalue weighted by Crippen LogP contribution is -2.45. The van der Waals surface area contributed by atoms with Gasteiger partial charge in [0.05, 0.1) is 33.4 Å². The predicted octanol–water partition coefficient (Wildman–Crippen LogP) is 4.54. The number of allylic oxidation sites excluding steroid dienone is 1. The third kappa shape index (κ3) is 5.75. The molecule has 0 unspecified atom stereocenters. The molecule has 4 aliphatic rings. The Kier molecular flexibility index (Phi) is 8.65. The summed E-state index contributed by atoms with van der Waals surface area (Å²) < 4.78 is 22.9. The Morgan fingerprint density at radius 1 is 1.21 bits per heavy atom. The van der Waals surface area contributed by atoms with E-state index in [9.17, 15) is 4.79 Å². The maximum absolute atomic E-state index is 13.3. The zero-order valence-corrected chi connectivity index (χ0v) is 23.6. The summed E-state index contributed by atoms with van der Waals surface area (Å²) >= 11 is 0. The van der Waals surface area contributed by atoms with Gasteiger partial charge in [-0.05, 0) is 69.0 Å². The molecule has 38 heavy (non-hydrogen) atoms. The van der Waals surface area contributed by atoms with Crippen LogP contribution in [-0.2, 0) is 20.8 Å². The average molecular weight is 527 g/mol. The lowest BCUT2D eigenvalue weighted by atomic mass is 9.55. The third-order valence-electron chi connectivity index (χ3n) is 9.71. The highest BCUT2D eigenvalue weighted by molar-refractivity contribution is 5.75. The molecule has 7 heteroatoms. The van der Waals surface area contributed by atoms with Crippen LogP contribution < -0.4 is 9.47 Å². The molecule has 2 saturated heterocycles. The second-order valence-corrected chi connectivity index (χ2v) is 12.1. The van der Waals surface area contributed by atoms with Crippen LogP contribution in [0.1, 0.15) is 51.0 Å². The molecule has 0 amide bonds. The molecule has 1 aromatic carbocycles. The van der Waals surface area contributed by atoms with Gasteiger partial charge >= 0.3 is 5.97 Å². The normalized spacial score (nSPS) is 31.6. The van der Waals surface area contributed by atoms with Crippen molar-refractivity contribution in [3.63, 3.8) is 0 Å². The summed E-state index contributed by atoms with van der Waals surface area (Å²) in [4.78, 5) is 18.2. The topological polar surface area (TPSA) is 60.5 Å². The summed E-state index contributed by atoms with van der Waals surface area (Å²) in [7, 11) is 3.37. The largest absolute Gasteiger partial charge is 0.493 e. The Labute approximate surface area is 228 Å². The zero-order valence-electron chi connectivity index (χ0n) is 23.6. The number of esters is 1. The van der Waals surface area contributed by atoms with E-state index in [2.05, 4.69) is 29.4 Å². The number of para-hydroxylation sites is 1. The molecule has 2 heterocycles. The number of methoxy groups -OCH3 is 2. The SMILES string of the molecule is C=C1CCC[C@]2(C)C[C@H]3OC(=O)[C@H](CN(CCCN4CCOCC4)Cc4cccc(OC)c4OC)[C@H]3C[C@@H]12. The van der Waals surface area contributed by atoms with Gasteiger partial charge in [0.2, 0.25) is 0 Å². The van der Waals surface area contributed by atoms with Crippen LogP contribution in [0.15, 0.2) is 30.4 Å². The van der Waals surface area contributed by atoms with Crippen LogP contribution in [0.25, 0.3) is 0 Å². The number of carbonyl (C=O) groups is 1. The standard InChI is InChI=1S/C31H46N2O5/c1-22-8-6-11-31(2)19-28-24(18-26(22)31)25(30(34)38-28)21-33(13-7-12-32-14-16-37-17-15-32)20-23-9-5-10-27(35-3)29(23)36-4/h5,9-10,24-26,28H,1,6-8,11-21H2,2-4H3/t24-,25-,26+,28-,31-/m1/s1. The van der Waals surface area contributed by atoms with Crippen LogP contribution in [0.4, 0.5) is 0 Å². The molecule has 0 N–H and O–H groups in total. The summed E-state index contributed by atoms with van der Waals surface area (Å²) in [5.74, 6) is 2.17. The second-order valence-electron chi connectivity index (χ2n) is 12.1. The van der Waals surface area contributed by atoms with Crippen molar-refractivity contribution in [2.75, 3.05) is 60.2 Å². The maximum atomic E-state index is 13.3. The molecule has 0 aromatic heterocycles. The Morgan fingerprint density at radius 3 is 2.79 bits per heavy atom. The molecular weight excluding hydrogens is 480 g/mol. The molecule has 5 rings (SSSR count). The first-order valence-electron chi connectivity index (χ1n) is 14.5. The van der Waals surface area contributed by atoms with Crippen molar-refractivity contribution in [1.29, 1.82) is 0 Å². The first-order chi connectivity index (χ1) is 18.4. The van der Waals surface area contributed by atoms with Crippen LogP contribution in [0.3, 0.4) is 0 Å². The predicted molar refractivity (Wildman–Crippen MR) is 147 cm³/mol. The van der Waals surface area contributed by atoms with Crippen molar-refractivity contribution in [3.8, 4) is 11.5 Å². The molecule has 4 fully saturated rings. The zero-order chi connectivity index (χ0) is 26.7. The van der Waals surface area contributed by atoms with Gasteiger partial charge in [-0.3, -0.25) is 14.6 Å². The highest BCUT2D eigenvalue weighted by Gasteiger charge is 2.55. The summed E-state index contributed by atoms with van der Waals surface area (Å²) in [6.45, 7) is 13.8. The number of hydrogen-bond donors (Lipinski definition) is 0. The molecule has 0 bridgehead atoms. The summed E-state index contributed by atoms with van der Waals surface area (Å²) in [6.07, 6.45) is 6.64. The van der Waals surface area contributed by atoms with Crippen molar-refractivity contribution in [3.05, 3.63) is 35.9 Å². The molecule has 210 valence electrons. The van der Waals surface area contributed by atoms with E-state index in [0.29, 0.717) is 19.0 Å². The molecule has 2 aliphatic heterocycles. The van der Waals surface area contributed by atoms with Crippen LogP contribution in [0.5, 0.6) is 11.5 Å². The van der Waals surface area contributed by atoms with E-state index in [0.717, 1.165) is 82.1 Å². The molecule has 0 spiro atoms. The summed E-state index contributed by atoms with van der Waals surface area (Å²) in [6, 6.07) is 6.05. The average Bonchev–Trinajstić information content (AvgIpc) is 3.20. The fraction of sp³-hybridized carbons (Fsp3) is 0.710. The minimum atomic E-state index is -0.0979. The van der Waals surface area contributed by atoms with E-state index in [-0.39, 0.29) is 29.3 Å². The number of hydrogen-bond acceptors (Lipinski definition) is 7. The van der Waals surface area contributed by atoms with Gasteiger partial charge < -0.3 is 18.9 Å². The molecule has 2 saturated carbocycles. The highest BCUT2D eigenvalue weighted by Crippen LogP contribution is 2.57. The van der Waals surface area contributed by atoms with Crippen LogP contribution in [-0.4, -0.2) is 82.0 Å². The first-order valence-corrected chi connectivity index (χ1v) is 14.5. The van der Waals surface area contributed by atoms with Gasteiger partial charge in [0.1, 0.15) is 6.10 Å². The molecule has 1 aromatic rings. The molecular formula is C31H46N2O5. The Hall–Kier alpha value is -2.09. The number of fused-ring (bicyclic) bond motifs is 2. The van der Waals surface area contributed by atoms with Crippen LogP contribution >= 0.6 is 0 Å². The lowest BCUT2D eigenvalue weighted by Gasteiger charge is -2.50. The van der Waals surface area contributed by atoms with Gasteiger partial charge in [0.25, 0.3) is 0 Å². The quantitative estimate of drug-likeness (QED) is 0.328. The van der Waals surface area contributed by atoms with Crippen molar-refractivity contribution < 1.29 is 23.7 Å². The van der Waals surface area contributed by atoms with Crippen molar-refractivity contribution in [2.24, 2.45) is 23.2 Å². The fourth-order valence-electron chi connectivity index (χ4n) is 7.64. The second kappa shape index (κ2) is 12.0. The molecule has 0 radical (unpaired) electrons. The van der Waals surface area contributed by atoms with Crippen molar-refractivity contribution >= 4 is 5.97 Å². The third-order valence-corrected chi connectivity index (χ3v) is 9.71. The molecule has 7 nitrogen and oxygen atoms in total. The number of carbonyl (C=O) groups excluding carboxylic acids is 1. The van der Waals surface area contributed by atoms with E-state index in [1.807, 2.05) is 12.1 Å². The first kappa shape index (κ1) is 27.5. The van der Waals surface area contributed by atoms with Gasteiger partial charge in [0.15, 0.2) is 11.5 Å². The number of morpholine rings is 1. The van der Waals surface area contributed by atoms with Crippen molar-refractivity contribution in [1.82, 2.24) is 9.80 Å². The Morgan fingerprint density at radius 2 is 2.03 bits per heavy atom. The van der Waals surface area contributed by atoms with Crippen molar-refractivity contribution in [2.45, 2.75) is 58.1 Å². The van der Waals surface area contributed by atoms with Gasteiger partial charge in [-0.2, -0.15) is 0 Å². The minimum absolute atomic E-state index is 0.0105. The molecule has 5 atom stereocenters. The van der Waals surface area contributed by atoms with Gasteiger partial charge in [-0.25, -0.2) is 0 Å². The Bertz CT molecular complexity index is 992. The van der Waals surface area contributed by atoms with Crippen LogP contribution in [0, 0.1) is 23.2 Å². The summed E-state index contributed by atoms with van der Waals surface area (Å²) in [5, 5.41) is 0. The van der Waals surface area contributed by atoms with E-state index in [4.69, 9.17) is 18.9 Å². The van der Waals surface area contributed by atoms with E-state index >= 15 is 0 Å². The monoisotopic (exact) mass is 526 g/mol. The smallest absolute Gasteiger partial charge is 0.310 e. The number of benzene rings is 1. The number of nitrogens with zero attached hydrogens (tertiary/aromatic N) is 2. The number of ether oxygens (including phenoxy) is 4. The van der Waals surface area contributed by atoms with Crippen LogP contribution in [0.2, 0.25) is 0 Å². The van der Waals surface area contributed by atoms with E-state index in [1.54, 1.807) is 14.2 Å². The summed E-state index contributed by atoms with van der Waals surface area (Å²) in [5.41, 5.74) is 2.69. The Balaban J connectivity index is 1.32. The minimum Gasteiger partial charge on any atom is -0.493 e. The highest BCUT2D eigenvalue weighted by atomic mass is 16.6. The van der Waals surface area contributed by atoms with E-state index < -0.39 is 0 Å². The molecule has 2 aliphatic carbocycles. The van der Waals surface area contributed by atoms with Gasteiger partial charge in [0, 0.05) is 37.7 Å². The maximum Gasteiger partial charge on any atom is 0.310 e. The van der Waals surface area contributed by atoms with E-state index in [1.165, 1.54) is 18.4 Å². The van der Waals surface area contributed by atoms with Gasteiger partial charge in [-0.1, -0.05) is 31.2 Å².